The van der Waals surface area contributed by atoms with Gasteiger partial charge in [0.1, 0.15) is 12.4 Å². The van der Waals surface area contributed by atoms with Crippen molar-refractivity contribution in [3.63, 3.8) is 0 Å². The summed E-state index contributed by atoms with van der Waals surface area (Å²) in [6.07, 6.45) is 4.07. The van der Waals surface area contributed by atoms with E-state index in [9.17, 15) is 14.4 Å². The summed E-state index contributed by atoms with van der Waals surface area (Å²) in [4.78, 5) is 41.9. The number of urea groups is 1. The number of rotatable bonds is 13. The van der Waals surface area contributed by atoms with Gasteiger partial charge in [-0.3, -0.25) is 9.69 Å². The molecule has 0 radical (unpaired) electrons. The zero-order valence-electron chi connectivity index (χ0n) is 24.0. The van der Waals surface area contributed by atoms with Crippen LogP contribution in [-0.4, -0.2) is 87.4 Å². The molecule has 0 spiro atoms. The van der Waals surface area contributed by atoms with E-state index in [1.807, 2.05) is 33.8 Å². The van der Waals surface area contributed by atoms with Gasteiger partial charge in [0.15, 0.2) is 0 Å². The monoisotopic (exact) mass is 545 g/mol. The minimum atomic E-state index is -0.455. The molecule has 10 heteroatoms. The first-order chi connectivity index (χ1) is 18.8. The Bertz CT molecular complexity index is 1060. The summed E-state index contributed by atoms with van der Waals surface area (Å²) in [6.45, 7) is 13.6. The molecule has 0 atom stereocenters. The number of nitrogens with one attached hydrogen (secondary N) is 1. The third-order valence-electron chi connectivity index (χ3n) is 7.32. The molecule has 216 valence electrons. The van der Waals surface area contributed by atoms with Crippen LogP contribution >= 0.6 is 0 Å². The molecule has 3 rings (SSSR count). The van der Waals surface area contributed by atoms with Crippen LogP contribution in [0.25, 0.3) is 0 Å². The molecule has 1 N–H and O–H groups in total. The number of allylic oxidation sites excluding steroid dienone is 2. The fourth-order valence-electron chi connectivity index (χ4n) is 4.94. The Kier molecular flexibility index (Phi) is 11.6. The summed E-state index contributed by atoms with van der Waals surface area (Å²) >= 11 is 0. The van der Waals surface area contributed by atoms with Crippen molar-refractivity contribution in [2.45, 2.75) is 60.0 Å². The van der Waals surface area contributed by atoms with Gasteiger partial charge in [-0.25, -0.2) is 9.59 Å². The van der Waals surface area contributed by atoms with Crippen molar-refractivity contribution in [1.82, 2.24) is 9.80 Å². The van der Waals surface area contributed by atoms with E-state index in [1.165, 1.54) is 0 Å². The number of esters is 2. The van der Waals surface area contributed by atoms with E-state index in [2.05, 4.69) is 10.2 Å². The summed E-state index contributed by atoms with van der Waals surface area (Å²) in [5.74, 6) is -0.0554. The predicted molar refractivity (Wildman–Crippen MR) is 148 cm³/mol. The fraction of sp³-hybridized carbons (Fsp3) is 0.621. The van der Waals surface area contributed by atoms with Crippen LogP contribution < -0.4 is 10.1 Å². The highest BCUT2D eigenvalue weighted by atomic mass is 16.5. The van der Waals surface area contributed by atoms with Crippen molar-refractivity contribution in [3.8, 4) is 5.75 Å². The van der Waals surface area contributed by atoms with Gasteiger partial charge in [-0.15, -0.1) is 0 Å². The number of fused-ring (bicyclic) bond motifs is 1. The minimum absolute atomic E-state index is 0.147. The molecule has 10 nitrogen and oxygen atoms in total. The van der Waals surface area contributed by atoms with Gasteiger partial charge in [-0.2, -0.15) is 0 Å². The van der Waals surface area contributed by atoms with Crippen LogP contribution in [0.15, 0.2) is 11.6 Å². The number of nitrogens with zero attached hydrogens (tertiary/aromatic N) is 2. The maximum atomic E-state index is 13.0. The normalized spacial score (nSPS) is 15.5. The first-order valence-corrected chi connectivity index (χ1v) is 13.9. The highest BCUT2D eigenvalue weighted by Crippen LogP contribution is 2.41. The standard InChI is InChI=1S/C29H43N3O7/c1-6-32(7-2)29(35)30-26-22(27(36-5)21(4)23-19-39-28(34)25(23)26)11-9-20(3)10-12-24(33)38-16-8-13-31-14-17-37-18-15-31/h9H,6-8,10-19H2,1-5H3,(H,30,35)/b20-9+. The quantitative estimate of drug-likeness (QED) is 0.225. The lowest BCUT2D eigenvalue weighted by Gasteiger charge is -2.26. The van der Waals surface area contributed by atoms with Crippen molar-refractivity contribution in [2.24, 2.45) is 0 Å². The van der Waals surface area contributed by atoms with E-state index in [0.717, 1.165) is 56.0 Å². The number of hydrogen-bond donors (Lipinski definition) is 1. The Morgan fingerprint density at radius 3 is 2.54 bits per heavy atom. The number of carbonyl (C=O) groups excluding carboxylic acids is 3. The van der Waals surface area contributed by atoms with Gasteiger partial charge in [0.05, 0.1) is 38.2 Å². The lowest BCUT2D eigenvalue weighted by atomic mass is 9.93. The summed E-state index contributed by atoms with van der Waals surface area (Å²) in [7, 11) is 1.58. The van der Waals surface area contributed by atoms with Crippen LogP contribution in [0.1, 0.15) is 67.1 Å². The van der Waals surface area contributed by atoms with E-state index < -0.39 is 5.97 Å². The molecule has 1 saturated heterocycles. The molecule has 0 aliphatic carbocycles. The molecule has 1 aromatic carbocycles. The molecule has 2 aliphatic heterocycles. The highest BCUT2D eigenvalue weighted by molar-refractivity contribution is 6.05. The SMILES string of the molecule is CCN(CC)C(=O)Nc1c(C/C=C(\C)CCC(=O)OCCCN2CCOCC2)c(OC)c(C)c2c1C(=O)OC2. The summed E-state index contributed by atoms with van der Waals surface area (Å²) in [6, 6.07) is -0.286. The molecule has 39 heavy (non-hydrogen) atoms. The van der Waals surface area contributed by atoms with Crippen molar-refractivity contribution in [3.05, 3.63) is 33.9 Å². The second kappa shape index (κ2) is 14.9. The average molecular weight is 546 g/mol. The maximum Gasteiger partial charge on any atom is 0.341 e. The number of cyclic esters (lactones) is 1. The van der Waals surface area contributed by atoms with Gasteiger partial charge in [0.2, 0.25) is 0 Å². The van der Waals surface area contributed by atoms with Crippen molar-refractivity contribution >= 4 is 23.7 Å². The lowest BCUT2D eigenvalue weighted by molar-refractivity contribution is -0.143. The number of benzene rings is 1. The van der Waals surface area contributed by atoms with Gasteiger partial charge in [-0.1, -0.05) is 11.6 Å². The van der Waals surface area contributed by atoms with Gasteiger partial charge in [0.25, 0.3) is 0 Å². The third kappa shape index (κ3) is 7.95. The molecule has 1 fully saturated rings. The second-order valence-corrected chi connectivity index (χ2v) is 9.83. The number of morpholine rings is 1. The van der Waals surface area contributed by atoms with Crippen LogP contribution in [0.2, 0.25) is 0 Å². The summed E-state index contributed by atoms with van der Waals surface area (Å²) in [5.41, 5.74) is 4.07. The topological polar surface area (TPSA) is 107 Å². The van der Waals surface area contributed by atoms with E-state index in [1.54, 1.807) is 12.0 Å². The summed E-state index contributed by atoms with van der Waals surface area (Å²) in [5, 5.41) is 2.96. The minimum Gasteiger partial charge on any atom is -0.496 e. The molecular formula is C29H43N3O7. The van der Waals surface area contributed by atoms with Crippen LogP contribution in [0.4, 0.5) is 10.5 Å². The van der Waals surface area contributed by atoms with E-state index in [0.29, 0.717) is 55.1 Å². The van der Waals surface area contributed by atoms with Gasteiger partial charge in [0, 0.05) is 50.3 Å². The number of carbonyl (C=O) groups is 3. The molecule has 0 bridgehead atoms. The summed E-state index contributed by atoms with van der Waals surface area (Å²) < 4.78 is 21.9. The van der Waals surface area contributed by atoms with E-state index >= 15 is 0 Å². The zero-order valence-corrected chi connectivity index (χ0v) is 24.0. The van der Waals surface area contributed by atoms with Gasteiger partial charge in [-0.05, 0) is 52.5 Å². The number of methoxy groups -OCH3 is 1. The predicted octanol–water partition coefficient (Wildman–Crippen LogP) is 4.08. The van der Waals surface area contributed by atoms with Crippen LogP contribution in [0, 0.1) is 6.92 Å². The smallest absolute Gasteiger partial charge is 0.341 e. The number of hydrogen-bond acceptors (Lipinski definition) is 8. The zero-order chi connectivity index (χ0) is 28.4. The Morgan fingerprint density at radius 1 is 1.15 bits per heavy atom. The van der Waals surface area contributed by atoms with Crippen molar-refractivity contribution < 1.29 is 33.3 Å². The van der Waals surface area contributed by atoms with Crippen molar-refractivity contribution in [1.29, 1.82) is 0 Å². The Morgan fingerprint density at radius 2 is 1.87 bits per heavy atom. The number of anilines is 1. The van der Waals surface area contributed by atoms with E-state index in [4.69, 9.17) is 18.9 Å². The van der Waals surface area contributed by atoms with Gasteiger partial charge >= 0.3 is 18.0 Å². The molecule has 2 aliphatic rings. The van der Waals surface area contributed by atoms with Gasteiger partial charge < -0.3 is 29.2 Å². The highest BCUT2D eigenvalue weighted by Gasteiger charge is 2.33. The van der Waals surface area contributed by atoms with E-state index in [-0.39, 0.29) is 25.0 Å². The Labute approximate surface area is 231 Å². The fourth-order valence-corrected chi connectivity index (χ4v) is 4.94. The Hall–Kier alpha value is -3.11. The largest absolute Gasteiger partial charge is 0.496 e. The van der Waals surface area contributed by atoms with Crippen molar-refractivity contribution in [2.75, 3.05) is 65.0 Å². The maximum absolute atomic E-state index is 13.0. The average Bonchev–Trinajstić information content (AvgIpc) is 3.33. The molecule has 0 unspecified atom stereocenters. The molecule has 1 aromatic rings. The molecular weight excluding hydrogens is 502 g/mol. The third-order valence-corrected chi connectivity index (χ3v) is 7.32. The molecule has 0 aromatic heterocycles. The molecule has 2 amide bonds. The number of ether oxygens (including phenoxy) is 4. The molecule has 0 saturated carbocycles. The van der Waals surface area contributed by atoms with Crippen LogP contribution in [0.5, 0.6) is 5.75 Å². The Balaban J connectivity index is 1.66. The molecule has 2 heterocycles. The second-order valence-electron chi connectivity index (χ2n) is 9.83. The van der Waals surface area contributed by atoms with Crippen LogP contribution in [-0.2, 0) is 32.0 Å². The first-order valence-electron chi connectivity index (χ1n) is 13.9. The first kappa shape index (κ1) is 30.4. The number of amides is 2. The lowest BCUT2D eigenvalue weighted by Crippen LogP contribution is -2.37. The van der Waals surface area contributed by atoms with Crippen LogP contribution in [0.3, 0.4) is 0 Å².